The molecule has 1 rings (SSSR count). The summed E-state index contributed by atoms with van der Waals surface area (Å²) in [5, 5.41) is 22.8. The summed E-state index contributed by atoms with van der Waals surface area (Å²) in [7, 11) is 1.62. The highest BCUT2D eigenvalue weighted by atomic mass is 19.4. The molecule has 0 saturated heterocycles. The summed E-state index contributed by atoms with van der Waals surface area (Å²) >= 11 is 0. The van der Waals surface area contributed by atoms with Crippen LogP contribution < -0.4 is 15.9 Å². The molecule has 0 aliphatic rings. The molecule has 11 heteroatoms. The number of unbranched alkanes of at least 4 members (excludes halogenated alkanes) is 1. The van der Waals surface area contributed by atoms with E-state index in [1.54, 1.807) is 7.11 Å². The number of carbonyl (C=O) groups is 2. The third-order valence-corrected chi connectivity index (χ3v) is 3.30. The molecular formula is C19H23F3N2O6-2. The van der Waals surface area contributed by atoms with Crippen LogP contribution in [-0.2, 0) is 25.3 Å². The van der Waals surface area contributed by atoms with E-state index in [0.29, 0.717) is 43.0 Å². The molecule has 0 bridgehead atoms. The van der Waals surface area contributed by atoms with Crippen LogP contribution in [0.2, 0.25) is 0 Å². The van der Waals surface area contributed by atoms with Gasteiger partial charge in [-0.15, -0.1) is 0 Å². The Balaban J connectivity index is 0.000000890. The number of carboxylic acid groups (broad SMARTS) is 2. The Bertz CT molecular complexity index is 687. The largest absolute Gasteiger partial charge is 0.545 e. The maximum Gasteiger partial charge on any atom is 0.416 e. The molecule has 168 valence electrons. The average Bonchev–Trinajstić information content (AvgIpc) is 2.68. The van der Waals surface area contributed by atoms with Crippen molar-refractivity contribution < 1.29 is 42.5 Å². The van der Waals surface area contributed by atoms with E-state index >= 15 is 0 Å². The Labute approximate surface area is 171 Å². The van der Waals surface area contributed by atoms with Crippen molar-refractivity contribution in [3.8, 4) is 0 Å². The Morgan fingerprint density at radius 2 is 1.63 bits per heavy atom. The third-order valence-electron chi connectivity index (χ3n) is 3.30. The number of carboxylic acids is 2. The topological polar surface area (TPSA) is 137 Å². The molecule has 0 fully saturated rings. The van der Waals surface area contributed by atoms with E-state index in [-0.39, 0.29) is 6.61 Å². The first-order valence-electron chi connectivity index (χ1n) is 8.77. The molecular weight excluding hydrogens is 409 g/mol. The van der Waals surface area contributed by atoms with Gasteiger partial charge in [-0.25, -0.2) is 0 Å². The van der Waals surface area contributed by atoms with Crippen LogP contribution in [0.15, 0.2) is 41.6 Å². The number of methoxy groups -OCH3 is 1. The third kappa shape index (κ3) is 13.3. The zero-order valence-electron chi connectivity index (χ0n) is 16.3. The van der Waals surface area contributed by atoms with Gasteiger partial charge in [0.25, 0.3) is 0 Å². The van der Waals surface area contributed by atoms with Gasteiger partial charge in [-0.3, -0.25) is 0 Å². The standard InChI is InChI=1S/C15H21F3N2O2.C4H4O4/c1-21-10-3-2-4-14(20-22-11-9-19)12-5-7-13(8-6-12)15(16,17)18;5-3(6)1-2-4(7)8/h5-8H,2-4,9-11,19H2,1H3;1-2H,(H,5,6)(H,7,8)/p-2/b;2-1-. The van der Waals surface area contributed by atoms with Crippen LogP contribution in [0.4, 0.5) is 13.2 Å². The Morgan fingerprint density at radius 1 is 1.07 bits per heavy atom. The van der Waals surface area contributed by atoms with Crippen molar-refractivity contribution >= 4 is 17.7 Å². The van der Waals surface area contributed by atoms with Gasteiger partial charge in [0.1, 0.15) is 6.61 Å². The van der Waals surface area contributed by atoms with Gasteiger partial charge >= 0.3 is 6.18 Å². The first-order valence-corrected chi connectivity index (χ1v) is 8.77. The number of ether oxygens (including phenoxy) is 1. The number of hydrogen-bond donors (Lipinski definition) is 1. The molecule has 0 heterocycles. The Morgan fingerprint density at radius 3 is 2.07 bits per heavy atom. The van der Waals surface area contributed by atoms with Gasteiger partial charge in [0, 0.05) is 20.3 Å². The van der Waals surface area contributed by atoms with Crippen molar-refractivity contribution in [3.63, 3.8) is 0 Å². The number of alkyl halides is 3. The number of hydrogen-bond acceptors (Lipinski definition) is 8. The van der Waals surface area contributed by atoms with Gasteiger partial charge in [-0.2, -0.15) is 13.2 Å². The van der Waals surface area contributed by atoms with Crippen LogP contribution in [0.1, 0.15) is 30.4 Å². The lowest BCUT2D eigenvalue weighted by atomic mass is 10.0. The molecule has 30 heavy (non-hydrogen) atoms. The summed E-state index contributed by atoms with van der Waals surface area (Å²) in [4.78, 5) is 23.9. The van der Waals surface area contributed by atoms with Crippen LogP contribution in [0.25, 0.3) is 0 Å². The fourth-order valence-electron chi connectivity index (χ4n) is 1.95. The first-order chi connectivity index (χ1) is 14.1. The molecule has 0 saturated carbocycles. The predicted molar refractivity (Wildman–Crippen MR) is 97.9 cm³/mol. The van der Waals surface area contributed by atoms with Crippen LogP contribution >= 0.6 is 0 Å². The molecule has 8 nitrogen and oxygen atoms in total. The predicted octanol–water partition coefficient (Wildman–Crippen LogP) is 0.244. The van der Waals surface area contributed by atoms with Gasteiger partial charge < -0.3 is 35.1 Å². The highest BCUT2D eigenvalue weighted by Crippen LogP contribution is 2.29. The molecule has 0 atom stereocenters. The second-order valence-electron chi connectivity index (χ2n) is 5.66. The molecule has 1 aromatic rings. The van der Waals surface area contributed by atoms with E-state index in [2.05, 4.69) is 5.16 Å². The minimum absolute atomic E-state index is 0.266. The molecule has 0 amide bonds. The second kappa shape index (κ2) is 15.0. The summed E-state index contributed by atoms with van der Waals surface area (Å²) in [6, 6.07) is 4.90. The zero-order chi connectivity index (χ0) is 23.0. The Kier molecular flexibility index (Phi) is 13.5. The number of oxime groups is 1. The van der Waals surface area contributed by atoms with Crippen molar-refractivity contribution in [2.24, 2.45) is 10.9 Å². The summed E-state index contributed by atoms with van der Waals surface area (Å²) in [5.41, 5.74) is 5.87. The molecule has 0 aromatic heterocycles. The summed E-state index contributed by atoms with van der Waals surface area (Å²) in [5.74, 6) is -3.09. The van der Waals surface area contributed by atoms with Gasteiger partial charge in [0.2, 0.25) is 0 Å². The minimum atomic E-state index is -4.34. The van der Waals surface area contributed by atoms with Crippen molar-refractivity contribution in [3.05, 3.63) is 47.5 Å². The van der Waals surface area contributed by atoms with Gasteiger partial charge in [0.15, 0.2) is 0 Å². The average molecular weight is 432 g/mol. The molecule has 1 aromatic carbocycles. The fourth-order valence-corrected chi connectivity index (χ4v) is 1.95. The van der Waals surface area contributed by atoms with Crippen LogP contribution in [0.3, 0.4) is 0 Å². The van der Waals surface area contributed by atoms with Crippen LogP contribution in [0.5, 0.6) is 0 Å². The monoisotopic (exact) mass is 432 g/mol. The maximum atomic E-state index is 12.6. The van der Waals surface area contributed by atoms with Gasteiger partial charge in [-0.05, 0) is 49.1 Å². The highest BCUT2D eigenvalue weighted by Gasteiger charge is 2.30. The van der Waals surface area contributed by atoms with Crippen LogP contribution in [-0.4, -0.2) is 44.5 Å². The SMILES string of the molecule is COCCCCC(=NOCCN)c1ccc(C(F)(F)F)cc1.O=C([O-])/C=C\C(=O)[O-]. The number of halogens is 3. The normalized spacial score (nSPS) is 11.7. The van der Waals surface area contributed by atoms with E-state index in [0.717, 1.165) is 25.0 Å². The molecule has 0 aliphatic carbocycles. The fraction of sp³-hybridized carbons (Fsp3) is 0.421. The zero-order valence-corrected chi connectivity index (χ0v) is 16.3. The van der Waals surface area contributed by atoms with E-state index in [1.807, 2.05) is 0 Å². The molecule has 2 N–H and O–H groups in total. The van der Waals surface area contributed by atoms with Gasteiger partial charge in [-0.1, -0.05) is 17.3 Å². The lowest BCUT2D eigenvalue weighted by Crippen LogP contribution is -2.23. The van der Waals surface area contributed by atoms with Gasteiger partial charge in [0.05, 0.1) is 23.2 Å². The summed E-state index contributed by atoms with van der Waals surface area (Å²) in [6.07, 6.45) is -1.33. The van der Waals surface area contributed by atoms with E-state index < -0.39 is 23.7 Å². The van der Waals surface area contributed by atoms with E-state index in [4.69, 9.17) is 15.3 Å². The Hall–Kier alpha value is -2.92. The van der Waals surface area contributed by atoms with Crippen molar-refractivity contribution in [1.82, 2.24) is 0 Å². The molecule has 0 radical (unpaired) electrons. The smallest absolute Gasteiger partial charge is 0.416 e. The number of aliphatic carboxylic acids is 2. The van der Waals surface area contributed by atoms with Crippen LogP contribution in [0, 0.1) is 0 Å². The van der Waals surface area contributed by atoms with Crippen molar-refractivity contribution in [2.75, 3.05) is 26.9 Å². The van der Waals surface area contributed by atoms with Crippen molar-refractivity contribution in [1.29, 1.82) is 0 Å². The molecule has 0 unspecified atom stereocenters. The molecule has 0 spiro atoms. The number of nitrogens with zero attached hydrogens (tertiary/aromatic N) is 1. The number of carbonyl (C=O) groups excluding carboxylic acids is 2. The summed E-state index contributed by atoms with van der Waals surface area (Å²) < 4.78 is 42.7. The first kappa shape index (κ1) is 27.1. The van der Waals surface area contributed by atoms with Crippen molar-refractivity contribution in [2.45, 2.75) is 25.4 Å². The summed E-state index contributed by atoms with van der Waals surface area (Å²) in [6.45, 7) is 1.22. The molecule has 0 aliphatic heterocycles. The van der Waals surface area contributed by atoms with E-state index in [9.17, 15) is 33.0 Å². The quantitative estimate of drug-likeness (QED) is 0.229. The second-order valence-corrected chi connectivity index (χ2v) is 5.66. The lowest BCUT2D eigenvalue weighted by Gasteiger charge is -2.10. The number of nitrogens with two attached hydrogens (primary N) is 1. The lowest BCUT2D eigenvalue weighted by molar-refractivity contribution is -0.301. The minimum Gasteiger partial charge on any atom is -0.545 e. The highest BCUT2D eigenvalue weighted by molar-refractivity contribution is 6.00. The maximum absolute atomic E-state index is 12.6. The van der Waals surface area contributed by atoms with E-state index in [1.165, 1.54) is 12.1 Å². The number of benzene rings is 1. The number of rotatable bonds is 11.